The third kappa shape index (κ3) is 6.90. The van der Waals surface area contributed by atoms with Crippen LogP contribution in [0.3, 0.4) is 0 Å². The van der Waals surface area contributed by atoms with Crippen LogP contribution in [0.5, 0.6) is 11.5 Å². The highest BCUT2D eigenvalue weighted by atomic mass is 32.2. The molecule has 2 atom stereocenters. The van der Waals surface area contributed by atoms with Gasteiger partial charge in [0.1, 0.15) is 5.75 Å². The SMILES string of the molecule is COc1cc(F)c(OC2CCC(C)(C(=O)O)CC2)cc1C(=O)N[C@@H]1CCO[C@@H]1C(=O)Nc1cccc(S(=O)(=O)C(F)(F)F)c1. The summed E-state index contributed by atoms with van der Waals surface area (Å²) in [4.78, 5) is 36.7. The Bertz CT molecular complexity index is 1540. The zero-order chi connectivity index (χ0) is 32.4. The molecule has 16 heteroatoms. The Labute approximate surface area is 249 Å². The first-order chi connectivity index (χ1) is 20.6. The second kappa shape index (κ2) is 12.6. The van der Waals surface area contributed by atoms with E-state index < -0.39 is 67.5 Å². The molecule has 44 heavy (non-hydrogen) atoms. The number of anilines is 1. The standard InChI is InChI=1S/C28H30F4N2O9S/c1-27(26(37)38)9-6-16(7-10-27)43-22-13-18(21(41-2)14-19(22)29)24(35)34-20-8-11-42-23(20)25(36)33-15-4-3-5-17(12-15)44(39,40)28(30,31)32/h3-5,12-14,16,20,23H,6-11H2,1-2H3,(H,33,36)(H,34,35)(H,37,38)/t16?,20-,23+,27?/m1/s1. The molecule has 0 aromatic heterocycles. The van der Waals surface area contributed by atoms with Gasteiger partial charge in [0.05, 0.1) is 35.1 Å². The summed E-state index contributed by atoms with van der Waals surface area (Å²) in [6.45, 7) is 1.68. The number of hydrogen-bond donors (Lipinski definition) is 3. The summed E-state index contributed by atoms with van der Waals surface area (Å²) in [5.74, 6) is -3.71. The van der Waals surface area contributed by atoms with Crippen LogP contribution >= 0.6 is 0 Å². The van der Waals surface area contributed by atoms with Gasteiger partial charge in [-0.25, -0.2) is 12.8 Å². The average Bonchev–Trinajstić information content (AvgIpc) is 3.42. The van der Waals surface area contributed by atoms with Crippen LogP contribution in [0.25, 0.3) is 0 Å². The number of amides is 2. The van der Waals surface area contributed by atoms with Crippen molar-refractivity contribution in [1.29, 1.82) is 0 Å². The third-order valence-electron chi connectivity index (χ3n) is 7.73. The highest BCUT2D eigenvalue weighted by molar-refractivity contribution is 7.92. The lowest BCUT2D eigenvalue weighted by Gasteiger charge is -2.34. The molecule has 2 aliphatic rings. The van der Waals surface area contributed by atoms with Crippen molar-refractivity contribution in [1.82, 2.24) is 5.32 Å². The first-order valence-electron chi connectivity index (χ1n) is 13.5. The van der Waals surface area contributed by atoms with Crippen LogP contribution in [0, 0.1) is 11.2 Å². The van der Waals surface area contributed by atoms with Gasteiger partial charge in [0, 0.05) is 18.4 Å². The van der Waals surface area contributed by atoms with Crippen LogP contribution in [0.15, 0.2) is 41.3 Å². The topological polar surface area (TPSA) is 157 Å². The Morgan fingerprint density at radius 3 is 2.36 bits per heavy atom. The average molecular weight is 647 g/mol. The molecule has 0 spiro atoms. The fourth-order valence-electron chi connectivity index (χ4n) is 5.04. The summed E-state index contributed by atoms with van der Waals surface area (Å²) < 4.78 is 93.6. The van der Waals surface area contributed by atoms with Gasteiger partial charge in [-0.1, -0.05) is 6.07 Å². The summed E-state index contributed by atoms with van der Waals surface area (Å²) in [5, 5.41) is 14.4. The lowest BCUT2D eigenvalue weighted by molar-refractivity contribution is -0.150. The van der Waals surface area contributed by atoms with Crippen molar-refractivity contribution in [2.45, 2.75) is 67.7 Å². The van der Waals surface area contributed by atoms with Crippen molar-refractivity contribution in [3.63, 3.8) is 0 Å². The van der Waals surface area contributed by atoms with Gasteiger partial charge in [-0.2, -0.15) is 13.2 Å². The molecule has 240 valence electrons. The number of sulfone groups is 1. The molecule has 1 heterocycles. The maximum atomic E-state index is 14.9. The number of halogens is 4. The van der Waals surface area contributed by atoms with Crippen molar-refractivity contribution in [2.75, 3.05) is 19.0 Å². The number of benzene rings is 2. The Hall–Kier alpha value is -3.92. The summed E-state index contributed by atoms with van der Waals surface area (Å²) >= 11 is 0. The van der Waals surface area contributed by atoms with Crippen LogP contribution in [0.2, 0.25) is 0 Å². The maximum Gasteiger partial charge on any atom is 0.501 e. The molecular weight excluding hydrogens is 616 g/mol. The molecule has 0 unspecified atom stereocenters. The molecule has 2 aromatic carbocycles. The monoisotopic (exact) mass is 646 g/mol. The first-order valence-corrected chi connectivity index (χ1v) is 15.0. The summed E-state index contributed by atoms with van der Waals surface area (Å²) in [5.41, 5.74) is -6.80. The lowest BCUT2D eigenvalue weighted by atomic mass is 9.75. The highest BCUT2D eigenvalue weighted by Gasteiger charge is 2.47. The minimum atomic E-state index is -5.65. The van der Waals surface area contributed by atoms with Gasteiger partial charge in [0.15, 0.2) is 17.7 Å². The highest BCUT2D eigenvalue weighted by Crippen LogP contribution is 2.39. The zero-order valence-corrected chi connectivity index (χ0v) is 24.4. The maximum absolute atomic E-state index is 14.9. The number of ether oxygens (including phenoxy) is 3. The van der Waals surface area contributed by atoms with Gasteiger partial charge in [-0.3, -0.25) is 14.4 Å². The molecule has 2 fully saturated rings. The second-order valence-electron chi connectivity index (χ2n) is 10.8. The van der Waals surface area contributed by atoms with Gasteiger partial charge in [-0.15, -0.1) is 0 Å². The Kier molecular flexibility index (Phi) is 9.44. The molecule has 11 nitrogen and oxygen atoms in total. The Morgan fingerprint density at radius 1 is 1.07 bits per heavy atom. The molecule has 2 aromatic rings. The smallest absolute Gasteiger partial charge is 0.496 e. The third-order valence-corrected chi connectivity index (χ3v) is 9.21. The van der Waals surface area contributed by atoms with Gasteiger partial charge in [0.25, 0.3) is 21.7 Å². The summed E-state index contributed by atoms with van der Waals surface area (Å²) in [6.07, 6.45) is -0.244. The van der Waals surface area contributed by atoms with Gasteiger partial charge in [0.2, 0.25) is 0 Å². The molecule has 4 rings (SSSR count). The quantitative estimate of drug-likeness (QED) is 0.342. The first kappa shape index (κ1) is 33.0. The van der Waals surface area contributed by atoms with Crippen LogP contribution < -0.4 is 20.1 Å². The van der Waals surface area contributed by atoms with Gasteiger partial charge in [-0.05, 0) is 63.3 Å². The van der Waals surface area contributed by atoms with Gasteiger partial charge >= 0.3 is 11.5 Å². The predicted octanol–water partition coefficient (Wildman–Crippen LogP) is 4.07. The number of rotatable bonds is 9. The van der Waals surface area contributed by atoms with E-state index in [1.807, 2.05) is 0 Å². The minimum absolute atomic E-state index is 0.0391. The molecule has 1 saturated carbocycles. The molecule has 2 amide bonds. The fraction of sp³-hybridized carbons (Fsp3) is 0.464. The number of aliphatic carboxylic acids is 1. The lowest BCUT2D eigenvalue weighted by Crippen LogP contribution is -2.46. The molecule has 1 aliphatic carbocycles. The number of nitrogens with one attached hydrogen (secondary N) is 2. The van der Waals surface area contributed by atoms with E-state index in [0.717, 1.165) is 24.3 Å². The second-order valence-corrected chi connectivity index (χ2v) is 12.7. The molecule has 3 N–H and O–H groups in total. The van der Waals surface area contributed by atoms with E-state index >= 15 is 0 Å². The normalized spacial score (nSPS) is 23.9. The Morgan fingerprint density at radius 2 is 1.75 bits per heavy atom. The zero-order valence-electron chi connectivity index (χ0n) is 23.6. The van der Waals surface area contributed by atoms with Crippen LogP contribution in [-0.2, 0) is 24.2 Å². The van der Waals surface area contributed by atoms with Crippen LogP contribution in [-0.4, -0.2) is 68.8 Å². The van der Waals surface area contributed by atoms with E-state index in [4.69, 9.17) is 14.2 Å². The largest absolute Gasteiger partial charge is 0.501 e. The van der Waals surface area contributed by atoms with E-state index in [1.54, 1.807) is 6.92 Å². The minimum Gasteiger partial charge on any atom is -0.496 e. The van der Waals surface area contributed by atoms with Crippen LogP contribution in [0.4, 0.5) is 23.2 Å². The van der Waals surface area contributed by atoms with Crippen LogP contribution in [0.1, 0.15) is 49.4 Å². The number of carboxylic acid groups (broad SMARTS) is 1. The van der Waals surface area contributed by atoms with E-state index in [0.29, 0.717) is 31.7 Å². The number of carbonyl (C=O) groups is 3. The van der Waals surface area contributed by atoms with E-state index in [1.165, 1.54) is 13.2 Å². The molecule has 1 aliphatic heterocycles. The van der Waals surface area contributed by atoms with Gasteiger partial charge < -0.3 is 30.0 Å². The fourth-order valence-corrected chi connectivity index (χ4v) is 5.85. The van der Waals surface area contributed by atoms with Crippen molar-refractivity contribution < 1.29 is 59.7 Å². The van der Waals surface area contributed by atoms with Crippen molar-refractivity contribution in [2.24, 2.45) is 5.41 Å². The van der Waals surface area contributed by atoms with Crippen molar-refractivity contribution in [3.05, 3.63) is 47.8 Å². The van der Waals surface area contributed by atoms with E-state index in [9.17, 15) is 45.5 Å². The van der Waals surface area contributed by atoms with Crippen molar-refractivity contribution in [3.8, 4) is 11.5 Å². The molecule has 1 saturated heterocycles. The number of hydrogen-bond acceptors (Lipinski definition) is 8. The Balaban J connectivity index is 1.46. The predicted molar refractivity (Wildman–Crippen MR) is 146 cm³/mol. The number of carbonyl (C=O) groups excluding carboxylic acids is 2. The molecular formula is C28H30F4N2O9S. The number of carboxylic acids is 1. The molecule has 0 bridgehead atoms. The van der Waals surface area contributed by atoms with E-state index in [2.05, 4.69) is 10.6 Å². The number of methoxy groups -OCH3 is 1. The number of alkyl halides is 3. The van der Waals surface area contributed by atoms with Crippen molar-refractivity contribution >= 4 is 33.3 Å². The summed E-state index contributed by atoms with van der Waals surface area (Å²) in [6, 6.07) is 4.80. The van der Waals surface area contributed by atoms with E-state index in [-0.39, 0.29) is 35.8 Å². The molecule has 0 radical (unpaired) electrons. The summed E-state index contributed by atoms with van der Waals surface area (Å²) in [7, 11) is -4.43.